The zero-order valence-electron chi connectivity index (χ0n) is 21.2. The summed E-state index contributed by atoms with van der Waals surface area (Å²) in [4.78, 5) is 26.8. The Morgan fingerprint density at radius 1 is 1.11 bits per heavy atom. The number of nitrogens with one attached hydrogen (secondary N) is 2. The zero-order chi connectivity index (χ0) is 26.8. The second kappa shape index (κ2) is 8.56. The molecule has 2 aromatic rings. The first-order chi connectivity index (χ1) is 17.3. The maximum atomic E-state index is 15.3. The van der Waals surface area contributed by atoms with Crippen LogP contribution in [0.15, 0.2) is 30.3 Å². The number of anilines is 2. The fourth-order valence-electron chi connectivity index (χ4n) is 5.28. The molecule has 0 radical (unpaired) electrons. The van der Waals surface area contributed by atoms with Gasteiger partial charge in [-0.15, -0.1) is 8.78 Å². The van der Waals surface area contributed by atoms with E-state index >= 15 is 4.39 Å². The largest absolute Gasteiger partial charge is 0.586 e. The molecule has 1 atom stereocenters. The van der Waals surface area contributed by atoms with E-state index in [-0.39, 0.29) is 34.6 Å². The quantitative estimate of drug-likeness (QED) is 0.579. The molecule has 2 aromatic carbocycles. The first-order valence-corrected chi connectivity index (χ1v) is 12.3. The zero-order valence-corrected chi connectivity index (χ0v) is 21.2. The Labute approximate surface area is 213 Å². The van der Waals surface area contributed by atoms with Gasteiger partial charge in [-0.05, 0) is 60.1 Å². The van der Waals surface area contributed by atoms with Gasteiger partial charge in [-0.25, -0.2) is 4.39 Å². The lowest BCUT2D eigenvalue weighted by atomic mass is 9.84. The number of hydrogen-bond donors (Lipinski definition) is 2. The minimum Gasteiger partial charge on any atom is -0.395 e. The summed E-state index contributed by atoms with van der Waals surface area (Å²) >= 11 is 0. The number of hydrogen-bond acceptors (Lipinski definition) is 5. The van der Waals surface area contributed by atoms with E-state index in [2.05, 4.69) is 45.8 Å². The Balaban J connectivity index is 1.37. The molecule has 5 rings (SSSR count). The summed E-state index contributed by atoms with van der Waals surface area (Å²) in [5, 5.41) is 5.54. The predicted molar refractivity (Wildman–Crippen MR) is 132 cm³/mol. The third-order valence-corrected chi connectivity index (χ3v) is 7.38. The topological polar surface area (TPSA) is 79.9 Å². The second-order valence-corrected chi connectivity index (χ2v) is 11.1. The van der Waals surface area contributed by atoms with E-state index < -0.39 is 23.4 Å². The molecule has 3 aliphatic rings. The van der Waals surface area contributed by atoms with Gasteiger partial charge in [-0.3, -0.25) is 9.59 Å². The van der Waals surface area contributed by atoms with Crippen LogP contribution in [0.2, 0.25) is 0 Å². The summed E-state index contributed by atoms with van der Waals surface area (Å²) in [6.07, 6.45) is -2.06. The maximum absolute atomic E-state index is 15.3. The standard InChI is InChI=1S/C27H30F3N3O4/c1-15(34)31-9-10-33-20-14-18(28)19(11-16(20)12-23(33)25(2,3)4)32-24(35)26(7-8-26)17-5-6-21-22(13-17)37-27(29,30)36-21/h5-6,11,13-14,23H,7-10,12H2,1-4H3,(H,31,34)(H,32,35). The molecule has 1 fully saturated rings. The fraction of sp³-hybridized carbons (Fsp3) is 0.481. The first kappa shape index (κ1) is 25.2. The molecule has 1 unspecified atom stereocenters. The van der Waals surface area contributed by atoms with Crippen LogP contribution in [-0.2, 0) is 21.4 Å². The highest BCUT2D eigenvalue weighted by Crippen LogP contribution is 2.52. The first-order valence-electron chi connectivity index (χ1n) is 12.3. The van der Waals surface area contributed by atoms with Gasteiger partial charge in [0.15, 0.2) is 11.5 Å². The average Bonchev–Trinajstić information content (AvgIpc) is 3.43. The summed E-state index contributed by atoms with van der Waals surface area (Å²) in [7, 11) is 0. The highest BCUT2D eigenvalue weighted by atomic mass is 19.3. The van der Waals surface area contributed by atoms with Crippen LogP contribution in [0.3, 0.4) is 0 Å². The van der Waals surface area contributed by atoms with Crippen molar-refractivity contribution in [2.24, 2.45) is 5.41 Å². The number of rotatable bonds is 6. The van der Waals surface area contributed by atoms with Gasteiger partial charge < -0.3 is 25.0 Å². The maximum Gasteiger partial charge on any atom is 0.586 e. The molecule has 10 heteroatoms. The number of alkyl halides is 2. The molecule has 2 N–H and O–H groups in total. The van der Waals surface area contributed by atoms with E-state index in [1.807, 2.05) is 0 Å². The Morgan fingerprint density at radius 3 is 2.46 bits per heavy atom. The van der Waals surface area contributed by atoms with Gasteiger partial charge in [0, 0.05) is 31.7 Å². The van der Waals surface area contributed by atoms with Crippen LogP contribution in [0.5, 0.6) is 11.5 Å². The van der Waals surface area contributed by atoms with Crippen LogP contribution in [0.4, 0.5) is 24.5 Å². The highest BCUT2D eigenvalue weighted by Gasteiger charge is 2.53. The van der Waals surface area contributed by atoms with Crippen molar-refractivity contribution in [3.63, 3.8) is 0 Å². The number of ether oxygens (including phenoxy) is 2. The van der Waals surface area contributed by atoms with E-state index in [0.29, 0.717) is 37.9 Å². The Morgan fingerprint density at radius 2 is 1.81 bits per heavy atom. The SMILES string of the molecule is CC(=O)NCCN1c2cc(F)c(NC(=O)C3(c4ccc5c(c4)OC(F)(F)O5)CC3)cc2CC1C(C)(C)C. The predicted octanol–water partition coefficient (Wildman–Crippen LogP) is 4.73. The van der Waals surface area contributed by atoms with Gasteiger partial charge in [0.05, 0.1) is 11.1 Å². The molecule has 2 heterocycles. The molecule has 2 aliphatic heterocycles. The van der Waals surface area contributed by atoms with Gasteiger partial charge in [0.2, 0.25) is 11.8 Å². The van der Waals surface area contributed by atoms with E-state index in [1.54, 1.807) is 12.1 Å². The monoisotopic (exact) mass is 517 g/mol. The lowest BCUT2D eigenvalue weighted by Crippen LogP contribution is -2.45. The van der Waals surface area contributed by atoms with Crippen molar-refractivity contribution in [3.8, 4) is 11.5 Å². The van der Waals surface area contributed by atoms with Gasteiger partial charge in [-0.2, -0.15) is 0 Å². The number of carbonyl (C=O) groups excluding carboxylic acids is 2. The van der Waals surface area contributed by atoms with Crippen molar-refractivity contribution in [1.82, 2.24) is 5.32 Å². The van der Waals surface area contributed by atoms with Crippen molar-refractivity contribution >= 4 is 23.2 Å². The Hall–Kier alpha value is -3.43. The molecule has 0 spiro atoms. The third kappa shape index (κ3) is 4.69. The number of benzene rings is 2. The molecule has 0 aromatic heterocycles. The van der Waals surface area contributed by atoms with Crippen molar-refractivity contribution in [3.05, 3.63) is 47.3 Å². The molecule has 7 nitrogen and oxygen atoms in total. The molecule has 37 heavy (non-hydrogen) atoms. The third-order valence-electron chi connectivity index (χ3n) is 7.38. The van der Waals surface area contributed by atoms with Crippen LogP contribution >= 0.6 is 0 Å². The van der Waals surface area contributed by atoms with Gasteiger partial charge in [-0.1, -0.05) is 26.8 Å². The highest BCUT2D eigenvalue weighted by molar-refractivity contribution is 6.02. The van der Waals surface area contributed by atoms with E-state index in [9.17, 15) is 18.4 Å². The van der Waals surface area contributed by atoms with Gasteiger partial charge in [0.25, 0.3) is 0 Å². The van der Waals surface area contributed by atoms with Crippen molar-refractivity contribution < 1.29 is 32.2 Å². The van der Waals surface area contributed by atoms with E-state index in [4.69, 9.17) is 0 Å². The molecule has 198 valence electrons. The average molecular weight is 518 g/mol. The number of fused-ring (bicyclic) bond motifs is 2. The summed E-state index contributed by atoms with van der Waals surface area (Å²) in [6, 6.07) is 7.52. The summed E-state index contributed by atoms with van der Waals surface area (Å²) in [5.41, 5.74) is 1.21. The Bertz CT molecular complexity index is 1270. The van der Waals surface area contributed by atoms with Crippen LogP contribution < -0.4 is 25.0 Å². The molecule has 0 saturated heterocycles. The second-order valence-electron chi connectivity index (χ2n) is 11.1. The molecule has 0 bridgehead atoms. The molecule has 2 amide bonds. The van der Waals surface area contributed by atoms with Gasteiger partial charge in [0.1, 0.15) is 5.82 Å². The van der Waals surface area contributed by atoms with Crippen LogP contribution in [0.25, 0.3) is 0 Å². The van der Waals surface area contributed by atoms with Crippen LogP contribution in [0, 0.1) is 11.2 Å². The van der Waals surface area contributed by atoms with Crippen molar-refractivity contribution in [2.45, 2.75) is 64.7 Å². The molecular weight excluding hydrogens is 487 g/mol. The lowest BCUT2D eigenvalue weighted by Gasteiger charge is -2.37. The number of amides is 2. The summed E-state index contributed by atoms with van der Waals surface area (Å²) < 4.78 is 51.1. The lowest BCUT2D eigenvalue weighted by molar-refractivity contribution is -0.286. The van der Waals surface area contributed by atoms with Crippen molar-refractivity contribution in [1.29, 1.82) is 0 Å². The van der Waals surface area contributed by atoms with Crippen LogP contribution in [-0.4, -0.2) is 37.2 Å². The van der Waals surface area contributed by atoms with E-state index in [0.717, 1.165) is 11.3 Å². The smallest absolute Gasteiger partial charge is 0.395 e. The van der Waals surface area contributed by atoms with Gasteiger partial charge >= 0.3 is 6.29 Å². The molecule has 1 saturated carbocycles. The van der Waals surface area contributed by atoms with Crippen molar-refractivity contribution in [2.75, 3.05) is 23.3 Å². The number of halogens is 3. The Kier molecular flexibility index (Phi) is 5.84. The minimum absolute atomic E-state index is 0.0821. The fourth-order valence-corrected chi connectivity index (χ4v) is 5.28. The normalized spacial score (nSPS) is 20.4. The summed E-state index contributed by atoms with van der Waals surface area (Å²) in [6.45, 7) is 8.78. The van der Waals surface area contributed by atoms with Crippen LogP contribution in [0.1, 0.15) is 51.7 Å². The number of nitrogens with zero attached hydrogens (tertiary/aromatic N) is 1. The van der Waals surface area contributed by atoms with E-state index in [1.165, 1.54) is 25.1 Å². The number of carbonyl (C=O) groups is 2. The minimum atomic E-state index is -3.74. The molecule has 1 aliphatic carbocycles. The molecular formula is C27H30F3N3O4. The summed E-state index contributed by atoms with van der Waals surface area (Å²) in [5.74, 6) is -1.30.